The number of nitriles is 1. The lowest BCUT2D eigenvalue weighted by Crippen LogP contribution is -2.47. The van der Waals surface area contributed by atoms with Crippen LogP contribution in [0.5, 0.6) is 0 Å². The van der Waals surface area contributed by atoms with Gasteiger partial charge in [0.2, 0.25) is 0 Å². The molecule has 0 saturated carbocycles. The first-order valence-corrected chi connectivity index (χ1v) is 6.73. The molecular formula is C15H21N3. The van der Waals surface area contributed by atoms with Gasteiger partial charge in [-0.1, -0.05) is 43.2 Å². The minimum Gasteiger partial charge on any atom is -0.309 e. The first kappa shape index (κ1) is 13.1. The van der Waals surface area contributed by atoms with Crippen molar-refractivity contribution in [1.82, 2.24) is 4.90 Å². The molecule has 1 aliphatic rings. The molecule has 96 valence electrons. The molecule has 1 fully saturated rings. The van der Waals surface area contributed by atoms with Crippen molar-refractivity contribution in [2.75, 3.05) is 19.6 Å². The van der Waals surface area contributed by atoms with Gasteiger partial charge < -0.3 is 10.6 Å². The van der Waals surface area contributed by atoms with Crippen LogP contribution in [0.4, 0.5) is 0 Å². The fraction of sp³-hybridized carbons (Fsp3) is 0.533. The zero-order valence-electron chi connectivity index (χ0n) is 10.8. The lowest BCUT2D eigenvalue weighted by Gasteiger charge is -2.29. The largest absolute Gasteiger partial charge is 0.309 e. The van der Waals surface area contributed by atoms with E-state index in [1.807, 2.05) is 30.3 Å². The average molecular weight is 243 g/mol. The second kappa shape index (κ2) is 5.99. The van der Waals surface area contributed by atoms with Gasteiger partial charge >= 0.3 is 0 Å². The summed E-state index contributed by atoms with van der Waals surface area (Å²) in [5.74, 6) is 0. The summed E-state index contributed by atoms with van der Waals surface area (Å²) in [6.45, 7) is 2.76. The standard InChI is InChI=1S/C15H21N3/c16-12-15(17,14-8-4-3-5-9-14)13-18-10-6-1-2-7-11-18/h3-5,8-9H,1-2,6-7,10-11,13,17H2. The van der Waals surface area contributed by atoms with E-state index in [4.69, 9.17) is 5.73 Å². The topological polar surface area (TPSA) is 53.1 Å². The Balaban J connectivity index is 2.10. The normalized spacial score (nSPS) is 20.7. The predicted octanol–water partition coefficient (Wildman–Crippen LogP) is 2.24. The van der Waals surface area contributed by atoms with E-state index in [9.17, 15) is 5.26 Å². The van der Waals surface area contributed by atoms with Gasteiger partial charge in [0.1, 0.15) is 5.54 Å². The van der Waals surface area contributed by atoms with E-state index in [-0.39, 0.29) is 0 Å². The summed E-state index contributed by atoms with van der Waals surface area (Å²) < 4.78 is 0. The van der Waals surface area contributed by atoms with Crippen LogP contribution < -0.4 is 5.73 Å². The molecule has 1 unspecified atom stereocenters. The van der Waals surface area contributed by atoms with Crippen molar-refractivity contribution in [2.24, 2.45) is 5.73 Å². The van der Waals surface area contributed by atoms with Crippen LogP contribution in [0.25, 0.3) is 0 Å². The zero-order chi connectivity index (χ0) is 12.8. The molecule has 0 bridgehead atoms. The minimum atomic E-state index is -0.883. The molecule has 1 aliphatic heterocycles. The Labute approximate surface area is 109 Å². The van der Waals surface area contributed by atoms with Crippen LogP contribution in [0.3, 0.4) is 0 Å². The van der Waals surface area contributed by atoms with Crippen LogP contribution >= 0.6 is 0 Å². The van der Waals surface area contributed by atoms with Crippen LogP contribution in [0.15, 0.2) is 30.3 Å². The number of nitrogens with two attached hydrogens (primary N) is 1. The summed E-state index contributed by atoms with van der Waals surface area (Å²) in [6, 6.07) is 12.0. The smallest absolute Gasteiger partial charge is 0.142 e. The fourth-order valence-corrected chi connectivity index (χ4v) is 2.57. The Kier molecular flexibility index (Phi) is 4.35. The second-order valence-corrected chi connectivity index (χ2v) is 5.14. The quantitative estimate of drug-likeness (QED) is 0.885. The highest BCUT2D eigenvalue weighted by atomic mass is 15.1. The summed E-state index contributed by atoms with van der Waals surface area (Å²) in [5, 5.41) is 9.44. The SMILES string of the molecule is N#CC(N)(CN1CCCCCC1)c1ccccc1. The molecule has 1 aromatic rings. The first-order valence-electron chi connectivity index (χ1n) is 6.73. The van der Waals surface area contributed by atoms with E-state index >= 15 is 0 Å². The number of nitrogens with zero attached hydrogens (tertiary/aromatic N) is 2. The van der Waals surface area contributed by atoms with Gasteiger partial charge in [-0.3, -0.25) is 0 Å². The van der Waals surface area contributed by atoms with Crippen LogP contribution in [-0.2, 0) is 5.54 Å². The molecule has 0 aromatic heterocycles. The minimum absolute atomic E-state index is 0.632. The lowest BCUT2D eigenvalue weighted by atomic mass is 9.92. The molecule has 1 atom stereocenters. The Morgan fingerprint density at radius 1 is 1.11 bits per heavy atom. The van der Waals surface area contributed by atoms with Crippen molar-refractivity contribution in [3.63, 3.8) is 0 Å². The van der Waals surface area contributed by atoms with E-state index in [0.717, 1.165) is 18.7 Å². The molecule has 2 rings (SSSR count). The number of hydrogen-bond acceptors (Lipinski definition) is 3. The Hall–Kier alpha value is -1.37. The van der Waals surface area contributed by atoms with Crippen LogP contribution in [0, 0.1) is 11.3 Å². The lowest BCUT2D eigenvalue weighted by molar-refractivity contribution is 0.242. The van der Waals surface area contributed by atoms with Crippen molar-refractivity contribution in [1.29, 1.82) is 5.26 Å². The van der Waals surface area contributed by atoms with Crippen molar-refractivity contribution in [2.45, 2.75) is 31.2 Å². The van der Waals surface area contributed by atoms with Gasteiger partial charge in [0.25, 0.3) is 0 Å². The highest BCUT2D eigenvalue weighted by molar-refractivity contribution is 5.31. The van der Waals surface area contributed by atoms with E-state index in [1.54, 1.807) is 0 Å². The summed E-state index contributed by atoms with van der Waals surface area (Å²) in [4.78, 5) is 2.34. The van der Waals surface area contributed by atoms with Crippen molar-refractivity contribution >= 4 is 0 Å². The highest BCUT2D eigenvalue weighted by Crippen LogP contribution is 2.20. The van der Waals surface area contributed by atoms with E-state index in [2.05, 4.69) is 11.0 Å². The third-order valence-corrected chi connectivity index (χ3v) is 3.66. The molecule has 3 nitrogen and oxygen atoms in total. The maximum Gasteiger partial charge on any atom is 0.142 e. The summed E-state index contributed by atoms with van der Waals surface area (Å²) >= 11 is 0. The summed E-state index contributed by atoms with van der Waals surface area (Å²) in [5.41, 5.74) is 6.33. The number of likely N-dealkylation sites (tertiary alicyclic amines) is 1. The average Bonchev–Trinajstić information content (AvgIpc) is 2.68. The predicted molar refractivity (Wildman–Crippen MR) is 72.8 cm³/mol. The maximum absolute atomic E-state index is 9.44. The van der Waals surface area contributed by atoms with Crippen molar-refractivity contribution < 1.29 is 0 Å². The Morgan fingerprint density at radius 3 is 2.28 bits per heavy atom. The molecule has 1 saturated heterocycles. The monoisotopic (exact) mass is 243 g/mol. The summed E-state index contributed by atoms with van der Waals surface area (Å²) in [6.07, 6.45) is 5.03. The van der Waals surface area contributed by atoms with Crippen molar-refractivity contribution in [3.8, 4) is 6.07 Å². The van der Waals surface area contributed by atoms with Gasteiger partial charge in [-0.05, 0) is 31.5 Å². The van der Waals surface area contributed by atoms with E-state index in [1.165, 1.54) is 25.7 Å². The van der Waals surface area contributed by atoms with Gasteiger partial charge in [-0.15, -0.1) is 0 Å². The Bertz CT molecular complexity index is 401. The molecule has 18 heavy (non-hydrogen) atoms. The molecule has 2 N–H and O–H groups in total. The molecule has 1 aromatic carbocycles. The van der Waals surface area contributed by atoms with Crippen LogP contribution in [0.1, 0.15) is 31.2 Å². The molecule has 1 heterocycles. The zero-order valence-corrected chi connectivity index (χ0v) is 10.8. The molecule has 0 spiro atoms. The van der Waals surface area contributed by atoms with Gasteiger partial charge in [0.05, 0.1) is 6.07 Å². The third-order valence-electron chi connectivity index (χ3n) is 3.66. The molecule has 0 aliphatic carbocycles. The van der Waals surface area contributed by atoms with Crippen LogP contribution in [-0.4, -0.2) is 24.5 Å². The second-order valence-electron chi connectivity index (χ2n) is 5.14. The molecule has 0 amide bonds. The van der Waals surface area contributed by atoms with E-state index in [0.29, 0.717) is 6.54 Å². The van der Waals surface area contributed by atoms with Gasteiger partial charge in [0.15, 0.2) is 0 Å². The van der Waals surface area contributed by atoms with Gasteiger partial charge in [-0.2, -0.15) is 5.26 Å². The fourth-order valence-electron chi connectivity index (χ4n) is 2.57. The number of benzene rings is 1. The maximum atomic E-state index is 9.44. The van der Waals surface area contributed by atoms with Crippen LogP contribution in [0.2, 0.25) is 0 Å². The van der Waals surface area contributed by atoms with Crippen molar-refractivity contribution in [3.05, 3.63) is 35.9 Å². The van der Waals surface area contributed by atoms with E-state index < -0.39 is 5.54 Å². The number of hydrogen-bond donors (Lipinski definition) is 1. The highest BCUT2D eigenvalue weighted by Gasteiger charge is 2.29. The van der Waals surface area contributed by atoms with Gasteiger partial charge in [-0.25, -0.2) is 0 Å². The molecule has 3 heteroatoms. The van der Waals surface area contributed by atoms with Gasteiger partial charge in [0, 0.05) is 6.54 Å². The summed E-state index contributed by atoms with van der Waals surface area (Å²) in [7, 11) is 0. The Morgan fingerprint density at radius 2 is 1.72 bits per heavy atom. The third kappa shape index (κ3) is 3.10. The molecule has 0 radical (unpaired) electrons. The first-order chi connectivity index (χ1) is 8.74. The number of rotatable bonds is 3. The molecular weight excluding hydrogens is 222 g/mol.